The summed E-state index contributed by atoms with van der Waals surface area (Å²) < 4.78 is 52.8. The van der Waals surface area contributed by atoms with Crippen LogP contribution in [0.1, 0.15) is 37.5 Å². The Morgan fingerprint density at radius 2 is 1.63 bits per heavy atom. The molecule has 1 amide bonds. The highest BCUT2D eigenvalue weighted by molar-refractivity contribution is 6.09. The van der Waals surface area contributed by atoms with Crippen LogP contribution in [0.4, 0.5) is 24.8 Å². The van der Waals surface area contributed by atoms with Gasteiger partial charge in [0.15, 0.2) is 5.69 Å². The number of nitrogen functional groups attached to an aromatic ring is 1. The predicted octanol–water partition coefficient (Wildman–Crippen LogP) is 5.90. The number of nitrogens with two attached hydrogens (primary N) is 1. The van der Waals surface area contributed by atoms with E-state index in [0.717, 1.165) is 27.6 Å². The maximum Gasteiger partial charge on any atom is 0.433 e. The zero-order valence-corrected chi connectivity index (χ0v) is 28.6. The van der Waals surface area contributed by atoms with Crippen LogP contribution in [0, 0.1) is 0 Å². The molecule has 0 spiro atoms. The van der Waals surface area contributed by atoms with Crippen molar-refractivity contribution in [3.63, 3.8) is 0 Å². The summed E-state index contributed by atoms with van der Waals surface area (Å²) in [5.74, 6) is -1.97. The van der Waals surface area contributed by atoms with Crippen molar-refractivity contribution in [3.8, 4) is 28.3 Å². The maximum atomic E-state index is 13.3. The van der Waals surface area contributed by atoms with Gasteiger partial charge >= 0.3 is 12.1 Å². The topological polar surface area (TPSA) is 147 Å². The number of halogens is 3. The number of benzene rings is 4. The second-order valence-electron chi connectivity index (χ2n) is 12.4. The van der Waals surface area contributed by atoms with Gasteiger partial charge in [-0.25, -0.2) is 14.4 Å². The predicted molar refractivity (Wildman–Crippen MR) is 190 cm³/mol. The molecule has 3 aromatic carbocycles. The van der Waals surface area contributed by atoms with E-state index in [1.807, 2.05) is 74.1 Å². The molecule has 2 heterocycles. The summed E-state index contributed by atoms with van der Waals surface area (Å²) in [5.41, 5.74) is 8.96. The monoisotopic (exact) mass is 711 g/mol. The van der Waals surface area contributed by atoms with E-state index in [1.54, 1.807) is 36.4 Å². The Hall–Kier alpha value is -6.44. The van der Waals surface area contributed by atoms with Crippen molar-refractivity contribution < 1.29 is 37.0 Å². The van der Waals surface area contributed by atoms with Crippen LogP contribution in [0.3, 0.4) is 0 Å². The van der Waals surface area contributed by atoms with Crippen LogP contribution < -0.4 is 30.6 Å². The third-order valence-electron chi connectivity index (χ3n) is 8.38. The van der Waals surface area contributed by atoms with Crippen LogP contribution in [-0.4, -0.2) is 55.1 Å². The highest BCUT2D eigenvalue weighted by atomic mass is 19.4. The van der Waals surface area contributed by atoms with Gasteiger partial charge < -0.3 is 30.2 Å². The van der Waals surface area contributed by atoms with E-state index >= 15 is 0 Å². The number of carboxylic acid groups (broad SMARTS) is 1. The summed E-state index contributed by atoms with van der Waals surface area (Å²) in [5, 5.41) is 14.8. The quantitative estimate of drug-likeness (QED) is 0.123. The Morgan fingerprint density at radius 1 is 0.923 bits per heavy atom. The largest absolute Gasteiger partial charge is 0.478 e. The minimum atomic E-state index is -4.70. The number of hydrogen-bond acceptors (Lipinski definition) is 8. The number of alkyl halides is 3. The number of nitrogens with zero attached hydrogens (tertiary/aromatic N) is 4. The van der Waals surface area contributed by atoms with Crippen molar-refractivity contribution in [1.29, 1.82) is 0 Å². The molecule has 0 saturated carbocycles. The average Bonchev–Trinajstić information content (AvgIpc) is 3.11. The van der Waals surface area contributed by atoms with E-state index in [1.165, 1.54) is 6.07 Å². The van der Waals surface area contributed by atoms with Gasteiger partial charge in [0.05, 0.1) is 11.6 Å². The van der Waals surface area contributed by atoms with E-state index in [4.69, 9.17) is 14.9 Å². The van der Waals surface area contributed by atoms with Gasteiger partial charge in [-0.05, 0) is 47.0 Å². The van der Waals surface area contributed by atoms with Crippen molar-refractivity contribution in [2.24, 2.45) is 0 Å². The zero-order chi connectivity index (χ0) is 37.3. The fourth-order valence-electron chi connectivity index (χ4n) is 5.65. The van der Waals surface area contributed by atoms with Crippen molar-refractivity contribution in [1.82, 2.24) is 19.9 Å². The maximum absolute atomic E-state index is 13.3. The number of amides is 1. The first-order chi connectivity index (χ1) is 24.7. The lowest BCUT2D eigenvalue weighted by Gasteiger charge is -2.19. The molecule has 0 bridgehead atoms. The Bertz CT molecular complexity index is 2370. The molecule has 0 radical (unpaired) electrons. The van der Waals surface area contributed by atoms with Gasteiger partial charge in [-0.3, -0.25) is 4.79 Å². The molecule has 2 aliphatic rings. The van der Waals surface area contributed by atoms with Gasteiger partial charge in [-0.2, -0.15) is 18.2 Å². The number of carbonyl (C=O) groups is 2. The minimum absolute atomic E-state index is 0.0491. The van der Waals surface area contributed by atoms with Crippen molar-refractivity contribution in [2.45, 2.75) is 19.3 Å². The van der Waals surface area contributed by atoms with Crippen molar-refractivity contribution in [3.05, 3.63) is 118 Å². The molecule has 1 aromatic heterocycles. The smallest absolute Gasteiger partial charge is 0.433 e. The van der Waals surface area contributed by atoms with Gasteiger partial charge in [0.2, 0.25) is 17.2 Å². The number of rotatable bonds is 9. The number of hydrogen-bond donors (Lipinski definition) is 3. The van der Waals surface area contributed by atoms with Gasteiger partial charge in [0.1, 0.15) is 32.0 Å². The third kappa shape index (κ3) is 7.50. The summed E-state index contributed by atoms with van der Waals surface area (Å²) in [6.45, 7) is 0.0395. The fourth-order valence-corrected chi connectivity index (χ4v) is 5.65. The SMILES string of the molecule is CN(C)c1ccc2c(-c3ccc(C(=O)NCc4ccc(COc5cc(C(F)(F)F)nc(N)n5)cc4)cc3C(=O)O)c3ccc(=[N+](C)C)cc-3oc2c1. The Balaban J connectivity index is 1.23. The van der Waals surface area contributed by atoms with Gasteiger partial charge in [0, 0.05) is 66.6 Å². The molecule has 0 unspecified atom stereocenters. The van der Waals surface area contributed by atoms with Crippen molar-refractivity contribution in [2.75, 3.05) is 38.8 Å². The number of carboxylic acids is 1. The average molecular weight is 712 g/mol. The van der Waals surface area contributed by atoms with Crippen LogP contribution in [0.2, 0.25) is 0 Å². The zero-order valence-electron chi connectivity index (χ0n) is 28.6. The van der Waals surface area contributed by atoms with Crippen LogP contribution in [-0.2, 0) is 19.3 Å². The number of aromatic nitrogens is 2. The van der Waals surface area contributed by atoms with Gasteiger partial charge in [-0.15, -0.1) is 0 Å². The van der Waals surface area contributed by atoms with E-state index < -0.39 is 29.7 Å². The van der Waals surface area contributed by atoms with E-state index in [-0.39, 0.29) is 30.2 Å². The summed E-state index contributed by atoms with van der Waals surface area (Å²) in [6, 6.07) is 23.6. The lowest BCUT2D eigenvalue weighted by Crippen LogP contribution is -2.23. The molecule has 14 heteroatoms. The molecule has 1 aliphatic carbocycles. The molecule has 0 atom stereocenters. The number of carbonyl (C=O) groups excluding carboxylic acids is 1. The molecule has 52 heavy (non-hydrogen) atoms. The molecule has 4 N–H and O–H groups in total. The Morgan fingerprint density at radius 3 is 2.31 bits per heavy atom. The first kappa shape index (κ1) is 35.4. The summed E-state index contributed by atoms with van der Waals surface area (Å²) in [4.78, 5) is 34.8. The number of ether oxygens (including phenoxy) is 1. The number of aromatic carboxylic acids is 1. The lowest BCUT2D eigenvalue weighted by molar-refractivity contribution is -0.141. The van der Waals surface area contributed by atoms with E-state index in [9.17, 15) is 27.9 Å². The summed E-state index contributed by atoms with van der Waals surface area (Å²) in [7, 11) is 7.69. The molecule has 1 aliphatic heterocycles. The molecule has 0 fully saturated rings. The molecule has 0 saturated heterocycles. The normalized spacial score (nSPS) is 11.4. The lowest BCUT2D eigenvalue weighted by atomic mass is 9.89. The minimum Gasteiger partial charge on any atom is -0.478 e. The molecule has 4 aromatic rings. The van der Waals surface area contributed by atoms with Gasteiger partial charge in [0.25, 0.3) is 5.91 Å². The summed E-state index contributed by atoms with van der Waals surface area (Å²) >= 11 is 0. The van der Waals surface area contributed by atoms with Gasteiger partial charge in [-0.1, -0.05) is 30.3 Å². The second kappa shape index (κ2) is 14.1. The van der Waals surface area contributed by atoms with Crippen LogP contribution >= 0.6 is 0 Å². The highest BCUT2D eigenvalue weighted by Crippen LogP contribution is 2.42. The highest BCUT2D eigenvalue weighted by Gasteiger charge is 2.34. The number of fused-ring (bicyclic) bond motifs is 2. The first-order valence-electron chi connectivity index (χ1n) is 15.9. The summed E-state index contributed by atoms with van der Waals surface area (Å²) in [6.07, 6.45) is -4.70. The van der Waals surface area contributed by atoms with Crippen molar-refractivity contribution >= 4 is 34.5 Å². The Kier molecular flexibility index (Phi) is 9.57. The molecule has 11 nitrogen and oxygen atoms in total. The number of nitrogens with one attached hydrogen (secondary N) is 1. The van der Waals surface area contributed by atoms with Crippen LogP contribution in [0.15, 0.2) is 89.3 Å². The molecule has 6 rings (SSSR count). The first-order valence-corrected chi connectivity index (χ1v) is 15.9. The second-order valence-corrected chi connectivity index (χ2v) is 12.4. The molecule has 266 valence electrons. The third-order valence-corrected chi connectivity index (χ3v) is 8.38. The fraction of sp³-hybridized carbons (Fsp3) is 0.184. The van der Waals surface area contributed by atoms with Crippen LogP contribution in [0.25, 0.3) is 33.4 Å². The van der Waals surface area contributed by atoms with E-state index in [2.05, 4.69) is 15.3 Å². The van der Waals surface area contributed by atoms with E-state index in [0.29, 0.717) is 34.1 Å². The molecular formula is C38H34F3N6O5+. The van der Waals surface area contributed by atoms with Crippen LogP contribution in [0.5, 0.6) is 5.88 Å². The number of anilines is 2. The molecular weight excluding hydrogens is 677 g/mol. The standard InChI is InChI=1S/C38H33F3N6O5/c1-46(2)24-10-13-27-30(16-24)52-31-17-25(47(3)4)11-14-28(31)34(27)26-12-9-23(15-29(26)36(49)50)35(48)43-19-21-5-7-22(8-6-21)20-51-33-18-32(38(39,40)41)44-37(42)45-33/h5-18H,19-20H2,1-4H3,(H3-,42,43,44,45,48,49,50)/p+1. The Labute approximate surface area is 295 Å².